The zero-order chi connectivity index (χ0) is 13.1. The summed E-state index contributed by atoms with van der Waals surface area (Å²) in [6.45, 7) is 8.40. The second-order valence-electron chi connectivity index (χ2n) is 4.89. The number of thiazole rings is 1. The molecule has 1 aliphatic rings. The highest BCUT2D eigenvalue weighted by atomic mass is 35.5. The van der Waals surface area contributed by atoms with Crippen LogP contribution in [0.2, 0.25) is 0 Å². The van der Waals surface area contributed by atoms with Crippen LogP contribution >= 0.6 is 22.9 Å². The Kier molecular flexibility index (Phi) is 5.01. The number of hydrogen-bond donors (Lipinski definition) is 0. The van der Waals surface area contributed by atoms with Crippen LogP contribution in [0.4, 0.5) is 0 Å². The fourth-order valence-corrected chi connectivity index (χ4v) is 3.54. The maximum atomic E-state index is 5.82. The summed E-state index contributed by atoms with van der Waals surface area (Å²) in [4.78, 5) is 7.12. The summed E-state index contributed by atoms with van der Waals surface area (Å²) in [5.41, 5.74) is 0.984. The molecule has 18 heavy (non-hydrogen) atoms. The minimum Gasteiger partial charge on any atom is -0.376 e. The van der Waals surface area contributed by atoms with E-state index in [1.165, 1.54) is 5.01 Å². The van der Waals surface area contributed by atoms with Gasteiger partial charge in [-0.15, -0.1) is 22.9 Å². The van der Waals surface area contributed by atoms with E-state index < -0.39 is 0 Å². The van der Waals surface area contributed by atoms with Crippen LogP contribution in [0.3, 0.4) is 0 Å². The first kappa shape index (κ1) is 14.3. The molecule has 2 heterocycles. The van der Waals surface area contributed by atoms with Crippen molar-refractivity contribution >= 4 is 22.9 Å². The third-order valence-electron chi connectivity index (χ3n) is 3.54. The molecule has 1 fully saturated rings. The Morgan fingerprint density at radius 2 is 2.44 bits per heavy atom. The lowest BCUT2D eigenvalue weighted by molar-refractivity contribution is -0.0706. The summed E-state index contributed by atoms with van der Waals surface area (Å²) in [5, 5.41) is 3.22. The smallest absolute Gasteiger partial charge is 0.110 e. The molecule has 3 unspecified atom stereocenters. The molecule has 0 saturated carbocycles. The predicted molar refractivity (Wildman–Crippen MR) is 76.3 cm³/mol. The van der Waals surface area contributed by atoms with Crippen molar-refractivity contribution in [3.05, 3.63) is 16.1 Å². The van der Waals surface area contributed by atoms with E-state index in [2.05, 4.69) is 36.0 Å². The van der Waals surface area contributed by atoms with E-state index in [1.54, 1.807) is 11.3 Å². The van der Waals surface area contributed by atoms with Crippen molar-refractivity contribution in [2.24, 2.45) is 0 Å². The third kappa shape index (κ3) is 3.05. The van der Waals surface area contributed by atoms with Gasteiger partial charge in [0.15, 0.2) is 0 Å². The number of alkyl halides is 1. The Balaban J connectivity index is 2.11. The van der Waals surface area contributed by atoms with Gasteiger partial charge >= 0.3 is 0 Å². The van der Waals surface area contributed by atoms with Gasteiger partial charge in [-0.1, -0.05) is 6.92 Å². The molecule has 102 valence electrons. The molecule has 1 saturated heterocycles. The number of nitrogens with zero attached hydrogens (tertiary/aromatic N) is 2. The van der Waals surface area contributed by atoms with Gasteiger partial charge in [0.2, 0.25) is 0 Å². The van der Waals surface area contributed by atoms with E-state index in [0.29, 0.717) is 24.1 Å². The Morgan fingerprint density at radius 1 is 1.67 bits per heavy atom. The molecule has 5 heteroatoms. The van der Waals surface area contributed by atoms with Gasteiger partial charge < -0.3 is 4.74 Å². The molecule has 1 aromatic heterocycles. The van der Waals surface area contributed by atoms with Crippen LogP contribution in [0.1, 0.15) is 43.9 Å². The molecule has 3 nitrogen and oxygen atoms in total. The topological polar surface area (TPSA) is 25.4 Å². The van der Waals surface area contributed by atoms with Gasteiger partial charge in [0.1, 0.15) is 5.01 Å². The highest BCUT2D eigenvalue weighted by molar-refractivity contribution is 7.09. The first-order valence-electron chi connectivity index (χ1n) is 6.53. The number of ether oxygens (including phenoxy) is 1. The average Bonchev–Trinajstić information content (AvgIpc) is 2.86. The Labute approximate surface area is 118 Å². The van der Waals surface area contributed by atoms with Crippen molar-refractivity contribution in [3.63, 3.8) is 0 Å². The summed E-state index contributed by atoms with van der Waals surface area (Å²) in [6.07, 6.45) is 1.42. The molecule has 0 aliphatic carbocycles. The van der Waals surface area contributed by atoms with Gasteiger partial charge in [0, 0.05) is 18.0 Å². The standard InChI is InChI=1S/C13H21ClN2OS/c1-4-12-7-17-9(2)6-16(12)10(3)13-15-11(5-14)8-18-13/h8-10,12H,4-7H2,1-3H3. The monoisotopic (exact) mass is 288 g/mol. The van der Waals surface area contributed by atoms with Crippen molar-refractivity contribution in [2.45, 2.75) is 51.3 Å². The molecule has 0 radical (unpaired) electrons. The molecule has 0 amide bonds. The molecular formula is C13H21ClN2OS. The Morgan fingerprint density at radius 3 is 3.06 bits per heavy atom. The van der Waals surface area contributed by atoms with Crippen molar-refractivity contribution in [1.82, 2.24) is 9.88 Å². The normalized spacial score (nSPS) is 27.3. The highest BCUT2D eigenvalue weighted by Crippen LogP contribution is 2.29. The minimum absolute atomic E-state index is 0.308. The van der Waals surface area contributed by atoms with Crippen LogP contribution in [-0.4, -0.2) is 35.2 Å². The first-order chi connectivity index (χ1) is 8.65. The highest BCUT2D eigenvalue weighted by Gasteiger charge is 2.30. The third-order valence-corrected chi connectivity index (χ3v) is 4.88. The van der Waals surface area contributed by atoms with Crippen LogP contribution in [0.5, 0.6) is 0 Å². The summed E-state index contributed by atoms with van der Waals surface area (Å²) in [7, 11) is 0. The fourth-order valence-electron chi connectivity index (χ4n) is 2.41. The van der Waals surface area contributed by atoms with Gasteiger partial charge in [-0.3, -0.25) is 4.90 Å². The predicted octanol–water partition coefficient (Wildman–Crippen LogP) is 3.44. The summed E-state index contributed by atoms with van der Waals surface area (Å²) >= 11 is 7.53. The van der Waals surface area contributed by atoms with Crippen LogP contribution in [0, 0.1) is 0 Å². The lowest BCUT2D eigenvalue weighted by atomic mass is 10.1. The van der Waals surface area contributed by atoms with E-state index in [0.717, 1.165) is 25.3 Å². The van der Waals surface area contributed by atoms with Gasteiger partial charge in [-0.25, -0.2) is 4.98 Å². The minimum atomic E-state index is 0.308. The van der Waals surface area contributed by atoms with E-state index in [9.17, 15) is 0 Å². The van der Waals surface area contributed by atoms with E-state index in [4.69, 9.17) is 16.3 Å². The van der Waals surface area contributed by atoms with Crippen molar-refractivity contribution in [2.75, 3.05) is 13.2 Å². The van der Waals surface area contributed by atoms with E-state index >= 15 is 0 Å². The number of morpholine rings is 1. The van der Waals surface area contributed by atoms with Gasteiger partial charge in [0.25, 0.3) is 0 Å². The zero-order valence-electron chi connectivity index (χ0n) is 11.2. The molecule has 1 aromatic rings. The van der Waals surface area contributed by atoms with E-state index in [-0.39, 0.29) is 0 Å². The van der Waals surface area contributed by atoms with E-state index in [1.807, 2.05) is 0 Å². The van der Waals surface area contributed by atoms with Crippen molar-refractivity contribution in [1.29, 1.82) is 0 Å². The van der Waals surface area contributed by atoms with Crippen molar-refractivity contribution < 1.29 is 4.74 Å². The average molecular weight is 289 g/mol. The number of halogens is 1. The number of rotatable bonds is 4. The van der Waals surface area contributed by atoms with Crippen LogP contribution < -0.4 is 0 Å². The molecule has 0 bridgehead atoms. The molecule has 1 aliphatic heterocycles. The number of aromatic nitrogens is 1. The fraction of sp³-hybridized carbons (Fsp3) is 0.769. The van der Waals surface area contributed by atoms with Crippen molar-refractivity contribution in [3.8, 4) is 0 Å². The quantitative estimate of drug-likeness (QED) is 0.794. The first-order valence-corrected chi connectivity index (χ1v) is 7.94. The van der Waals surface area contributed by atoms with Gasteiger partial charge in [-0.05, 0) is 20.3 Å². The van der Waals surface area contributed by atoms with Gasteiger partial charge in [0.05, 0.1) is 30.3 Å². The second-order valence-corrected chi connectivity index (χ2v) is 6.05. The summed E-state index contributed by atoms with van der Waals surface area (Å²) < 4.78 is 5.74. The molecule has 0 spiro atoms. The second kappa shape index (κ2) is 6.33. The van der Waals surface area contributed by atoms with Crippen LogP contribution in [0.25, 0.3) is 0 Å². The largest absolute Gasteiger partial charge is 0.376 e. The SMILES string of the molecule is CCC1COC(C)CN1C(C)c1nc(CCl)cs1. The Bertz CT molecular complexity index is 385. The maximum absolute atomic E-state index is 5.82. The molecule has 0 aromatic carbocycles. The lowest BCUT2D eigenvalue weighted by Gasteiger charge is -2.41. The molecule has 3 atom stereocenters. The molecule has 2 rings (SSSR count). The maximum Gasteiger partial charge on any atom is 0.110 e. The van der Waals surface area contributed by atoms with Crippen LogP contribution in [0.15, 0.2) is 5.38 Å². The molecular weight excluding hydrogens is 268 g/mol. The lowest BCUT2D eigenvalue weighted by Crippen LogP contribution is -2.49. The Hall–Kier alpha value is -0.160. The van der Waals surface area contributed by atoms with Crippen LogP contribution in [-0.2, 0) is 10.6 Å². The molecule has 0 N–H and O–H groups in total. The number of hydrogen-bond acceptors (Lipinski definition) is 4. The van der Waals surface area contributed by atoms with Gasteiger partial charge in [-0.2, -0.15) is 0 Å². The summed E-state index contributed by atoms with van der Waals surface area (Å²) in [6, 6.07) is 0.850. The zero-order valence-corrected chi connectivity index (χ0v) is 12.8. The summed E-state index contributed by atoms with van der Waals surface area (Å²) in [5.74, 6) is 0.500.